The van der Waals surface area contributed by atoms with Gasteiger partial charge in [0.25, 0.3) is 0 Å². The van der Waals surface area contributed by atoms with Crippen molar-refractivity contribution in [3.63, 3.8) is 0 Å². The van der Waals surface area contributed by atoms with E-state index < -0.39 is 6.04 Å². The van der Waals surface area contributed by atoms with Gasteiger partial charge in [-0.05, 0) is 24.3 Å². The highest BCUT2D eigenvalue weighted by molar-refractivity contribution is 6.33. The lowest BCUT2D eigenvalue weighted by Gasteiger charge is -2.38. The number of nitrogens with one attached hydrogen (secondary N) is 2. The topological polar surface area (TPSA) is 97.9 Å². The number of carbonyl (C=O) groups excluding carboxylic acids is 3. The van der Waals surface area contributed by atoms with Gasteiger partial charge in [-0.15, -0.1) is 0 Å². The van der Waals surface area contributed by atoms with E-state index in [0.29, 0.717) is 23.8 Å². The second-order valence-corrected chi connectivity index (χ2v) is 8.48. The van der Waals surface area contributed by atoms with Crippen LogP contribution >= 0.6 is 11.6 Å². The lowest BCUT2D eigenvalue weighted by Crippen LogP contribution is -2.60. The van der Waals surface area contributed by atoms with Crippen LogP contribution in [0.5, 0.6) is 0 Å². The van der Waals surface area contributed by atoms with Crippen molar-refractivity contribution in [3.05, 3.63) is 53.7 Å². The summed E-state index contributed by atoms with van der Waals surface area (Å²) in [6.07, 6.45) is 1.64. The van der Waals surface area contributed by atoms with Crippen LogP contribution in [0.1, 0.15) is 6.42 Å². The second kappa shape index (κ2) is 10.6. The second-order valence-electron chi connectivity index (χ2n) is 8.08. The largest absolute Gasteiger partial charge is 0.354 e. The molecular formula is C23H27ClN6O3. The summed E-state index contributed by atoms with van der Waals surface area (Å²) in [6, 6.07) is 11.9. The van der Waals surface area contributed by atoms with Gasteiger partial charge in [-0.2, -0.15) is 0 Å². The van der Waals surface area contributed by atoms with Gasteiger partial charge < -0.3 is 20.4 Å². The molecule has 2 fully saturated rings. The summed E-state index contributed by atoms with van der Waals surface area (Å²) < 4.78 is 0. The van der Waals surface area contributed by atoms with Crippen LogP contribution in [0.15, 0.2) is 48.7 Å². The van der Waals surface area contributed by atoms with E-state index in [4.69, 9.17) is 11.6 Å². The number of halogens is 1. The van der Waals surface area contributed by atoms with Crippen molar-refractivity contribution in [1.82, 2.24) is 20.1 Å². The monoisotopic (exact) mass is 470 g/mol. The number of rotatable bonds is 6. The van der Waals surface area contributed by atoms with E-state index in [9.17, 15) is 14.4 Å². The first-order valence-corrected chi connectivity index (χ1v) is 11.4. The summed E-state index contributed by atoms with van der Waals surface area (Å²) in [5.41, 5.74) is 0.476. The molecule has 10 heteroatoms. The molecule has 0 radical (unpaired) electrons. The average Bonchev–Trinajstić information content (AvgIpc) is 2.83. The van der Waals surface area contributed by atoms with E-state index in [2.05, 4.69) is 25.4 Å². The maximum absolute atomic E-state index is 13.1. The van der Waals surface area contributed by atoms with Crippen molar-refractivity contribution >= 4 is 40.8 Å². The minimum absolute atomic E-state index is 0.129. The molecule has 4 rings (SSSR count). The van der Waals surface area contributed by atoms with E-state index in [1.165, 1.54) is 4.90 Å². The van der Waals surface area contributed by atoms with E-state index in [0.717, 1.165) is 32.0 Å². The zero-order chi connectivity index (χ0) is 23.2. The zero-order valence-electron chi connectivity index (χ0n) is 18.2. The van der Waals surface area contributed by atoms with Gasteiger partial charge in [0.15, 0.2) is 0 Å². The van der Waals surface area contributed by atoms with Gasteiger partial charge in [-0.1, -0.05) is 29.8 Å². The summed E-state index contributed by atoms with van der Waals surface area (Å²) in [6.45, 7) is 3.96. The molecule has 2 aromatic rings. The molecule has 1 unspecified atom stereocenters. The van der Waals surface area contributed by atoms with Gasteiger partial charge in [-0.25, -0.2) is 4.98 Å². The highest BCUT2D eigenvalue weighted by Crippen LogP contribution is 2.21. The predicted octanol–water partition coefficient (Wildman–Crippen LogP) is 1.21. The fourth-order valence-electron chi connectivity index (χ4n) is 4.11. The normalized spacial score (nSPS) is 19.2. The lowest BCUT2D eigenvalue weighted by molar-refractivity contribution is -0.145. The quantitative estimate of drug-likeness (QED) is 0.658. The molecule has 1 aromatic heterocycles. The predicted molar refractivity (Wildman–Crippen MR) is 126 cm³/mol. The number of amides is 3. The molecule has 0 saturated carbocycles. The van der Waals surface area contributed by atoms with Crippen molar-refractivity contribution in [2.24, 2.45) is 0 Å². The van der Waals surface area contributed by atoms with Crippen molar-refractivity contribution in [2.45, 2.75) is 12.5 Å². The highest BCUT2D eigenvalue weighted by Gasteiger charge is 2.35. The van der Waals surface area contributed by atoms with Crippen molar-refractivity contribution in [2.75, 3.05) is 56.0 Å². The number of hydrogen-bond donors (Lipinski definition) is 2. The lowest BCUT2D eigenvalue weighted by atomic mass is 10.1. The van der Waals surface area contributed by atoms with Gasteiger partial charge in [0.05, 0.1) is 23.7 Å². The van der Waals surface area contributed by atoms with E-state index >= 15 is 0 Å². The summed E-state index contributed by atoms with van der Waals surface area (Å²) in [7, 11) is 0. The fourth-order valence-corrected chi connectivity index (χ4v) is 4.30. The molecule has 174 valence electrons. The Morgan fingerprint density at radius 3 is 2.55 bits per heavy atom. The Morgan fingerprint density at radius 1 is 1.06 bits per heavy atom. The molecule has 2 aliphatic heterocycles. The molecule has 2 aliphatic rings. The third-order valence-corrected chi connectivity index (χ3v) is 6.21. The first kappa shape index (κ1) is 23.0. The molecule has 1 aromatic carbocycles. The number of benzene rings is 1. The van der Waals surface area contributed by atoms with Gasteiger partial charge in [0.2, 0.25) is 17.7 Å². The smallest absolute Gasteiger partial charge is 0.243 e. The fraction of sp³-hybridized carbons (Fsp3) is 0.391. The molecule has 0 spiro atoms. The Labute approximate surface area is 197 Å². The van der Waals surface area contributed by atoms with E-state index in [1.807, 2.05) is 18.2 Å². The van der Waals surface area contributed by atoms with Crippen LogP contribution in [0.3, 0.4) is 0 Å². The van der Waals surface area contributed by atoms with Crippen LogP contribution < -0.4 is 15.5 Å². The van der Waals surface area contributed by atoms with E-state index in [1.54, 1.807) is 30.5 Å². The van der Waals surface area contributed by atoms with Crippen molar-refractivity contribution in [1.29, 1.82) is 0 Å². The number of para-hydroxylation sites is 1. The number of pyridine rings is 1. The van der Waals surface area contributed by atoms with Crippen LogP contribution in [-0.2, 0) is 14.4 Å². The number of hydrogen-bond acceptors (Lipinski definition) is 6. The number of aromatic nitrogens is 1. The number of nitrogens with zero attached hydrogens (tertiary/aromatic N) is 4. The van der Waals surface area contributed by atoms with Crippen LogP contribution in [0.4, 0.5) is 11.5 Å². The van der Waals surface area contributed by atoms with Crippen LogP contribution in [0.2, 0.25) is 5.02 Å². The third-order valence-electron chi connectivity index (χ3n) is 5.88. The SMILES string of the molecule is O=C(CC1C(=O)NCCN1C(=O)CN1CCN(c2ccccn2)CC1)Nc1ccccc1Cl. The van der Waals surface area contributed by atoms with Crippen molar-refractivity contribution in [3.8, 4) is 0 Å². The van der Waals surface area contributed by atoms with Crippen molar-refractivity contribution < 1.29 is 14.4 Å². The molecule has 3 heterocycles. The molecule has 2 saturated heterocycles. The first-order valence-electron chi connectivity index (χ1n) is 11.0. The Bertz CT molecular complexity index is 997. The molecule has 2 N–H and O–H groups in total. The maximum Gasteiger partial charge on any atom is 0.243 e. The van der Waals surface area contributed by atoms with Gasteiger partial charge >= 0.3 is 0 Å². The summed E-state index contributed by atoms with van der Waals surface area (Å²) in [4.78, 5) is 48.4. The molecule has 33 heavy (non-hydrogen) atoms. The number of piperazine rings is 2. The van der Waals surface area contributed by atoms with Crippen LogP contribution in [-0.4, -0.2) is 84.4 Å². The maximum atomic E-state index is 13.1. The third kappa shape index (κ3) is 5.80. The van der Waals surface area contributed by atoms with Gasteiger partial charge in [0.1, 0.15) is 11.9 Å². The summed E-state index contributed by atoms with van der Waals surface area (Å²) >= 11 is 6.11. The standard InChI is InChI=1S/C23H27ClN6O3/c24-17-5-1-2-6-18(17)27-21(31)15-19-23(33)26-9-10-30(19)22(32)16-28-11-13-29(14-12-28)20-7-3-4-8-25-20/h1-8,19H,9-16H2,(H,26,33)(H,27,31). The van der Waals surface area contributed by atoms with Crippen LogP contribution in [0, 0.1) is 0 Å². The van der Waals surface area contributed by atoms with Gasteiger partial charge in [-0.3, -0.25) is 19.3 Å². The highest BCUT2D eigenvalue weighted by atomic mass is 35.5. The summed E-state index contributed by atoms with van der Waals surface area (Å²) in [5, 5.41) is 5.90. The molecule has 0 bridgehead atoms. The van der Waals surface area contributed by atoms with Gasteiger partial charge in [0, 0.05) is 45.5 Å². The Hall–Kier alpha value is -3.17. The number of anilines is 2. The Balaban J connectivity index is 1.33. The first-order chi connectivity index (χ1) is 16.0. The zero-order valence-corrected chi connectivity index (χ0v) is 19.0. The minimum Gasteiger partial charge on any atom is -0.354 e. The Morgan fingerprint density at radius 2 is 1.82 bits per heavy atom. The average molecular weight is 471 g/mol. The minimum atomic E-state index is -0.844. The Kier molecular flexibility index (Phi) is 7.41. The van der Waals surface area contributed by atoms with E-state index in [-0.39, 0.29) is 30.7 Å². The molecule has 9 nitrogen and oxygen atoms in total. The number of carbonyl (C=O) groups is 3. The molecular weight excluding hydrogens is 444 g/mol. The van der Waals surface area contributed by atoms with Crippen LogP contribution in [0.25, 0.3) is 0 Å². The molecule has 3 amide bonds. The molecule has 0 aliphatic carbocycles. The molecule has 1 atom stereocenters. The summed E-state index contributed by atoms with van der Waals surface area (Å²) in [5.74, 6) is 0.100.